The third kappa shape index (κ3) is 2.83. The predicted octanol–water partition coefficient (Wildman–Crippen LogP) is 2.25. The second-order valence-electron chi connectivity index (χ2n) is 6.79. The van der Waals surface area contributed by atoms with Gasteiger partial charge >= 0.3 is 0 Å². The fourth-order valence-corrected chi connectivity index (χ4v) is 2.73. The molecule has 0 aliphatic heterocycles. The Balaban J connectivity index is 2.04. The van der Waals surface area contributed by atoms with Gasteiger partial charge in [0, 0.05) is 25.2 Å². The number of hydrogen-bond donors (Lipinski definition) is 1. The molecule has 0 aromatic carbocycles. The average Bonchev–Trinajstić information content (AvgIpc) is 3.20. The van der Waals surface area contributed by atoms with Crippen LogP contribution in [-0.4, -0.2) is 45.2 Å². The zero-order valence-corrected chi connectivity index (χ0v) is 13.4. The summed E-state index contributed by atoms with van der Waals surface area (Å²) in [5.41, 5.74) is 1.58. The number of amides is 1. The highest BCUT2D eigenvalue weighted by molar-refractivity contribution is 6.06. The van der Waals surface area contributed by atoms with Crippen LogP contribution in [0.25, 0.3) is 11.1 Å². The standard InChI is InChI=1S/C16H21N3O3/c1-9-13-11(15(20)19(4)8-16(2,3)21)7-12(10-5-6-10)17-14(13)22-18-9/h7,10,21H,5-6,8H2,1-4H3. The first kappa shape index (κ1) is 15.0. The molecule has 0 spiro atoms. The van der Waals surface area contributed by atoms with Crippen LogP contribution in [0, 0.1) is 6.92 Å². The van der Waals surface area contributed by atoms with E-state index in [1.807, 2.05) is 6.07 Å². The molecule has 118 valence electrons. The van der Waals surface area contributed by atoms with Crippen molar-refractivity contribution in [2.75, 3.05) is 13.6 Å². The average molecular weight is 303 g/mol. The SMILES string of the molecule is Cc1noc2nc(C3CC3)cc(C(=O)N(C)CC(C)(C)O)c12. The Morgan fingerprint density at radius 2 is 2.18 bits per heavy atom. The van der Waals surface area contributed by atoms with E-state index in [2.05, 4.69) is 10.1 Å². The Morgan fingerprint density at radius 3 is 2.77 bits per heavy atom. The van der Waals surface area contributed by atoms with Crippen molar-refractivity contribution in [2.24, 2.45) is 0 Å². The van der Waals surface area contributed by atoms with Crippen LogP contribution in [-0.2, 0) is 0 Å². The molecule has 1 N–H and O–H groups in total. The lowest BCUT2D eigenvalue weighted by molar-refractivity contribution is 0.0369. The Morgan fingerprint density at radius 1 is 1.50 bits per heavy atom. The molecule has 0 saturated heterocycles. The van der Waals surface area contributed by atoms with Gasteiger partial charge in [0.2, 0.25) is 0 Å². The molecule has 1 saturated carbocycles. The van der Waals surface area contributed by atoms with E-state index in [0.717, 1.165) is 18.5 Å². The molecule has 0 atom stereocenters. The molecule has 0 bridgehead atoms. The van der Waals surface area contributed by atoms with E-state index in [-0.39, 0.29) is 12.5 Å². The summed E-state index contributed by atoms with van der Waals surface area (Å²) in [5, 5.41) is 14.5. The van der Waals surface area contributed by atoms with Gasteiger partial charge in [0.1, 0.15) is 0 Å². The number of pyridine rings is 1. The highest BCUT2D eigenvalue weighted by atomic mass is 16.5. The number of fused-ring (bicyclic) bond motifs is 1. The molecule has 0 unspecified atom stereocenters. The lowest BCUT2D eigenvalue weighted by atomic mass is 10.1. The smallest absolute Gasteiger partial charge is 0.259 e. The Kier molecular flexibility index (Phi) is 3.44. The lowest BCUT2D eigenvalue weighted by Gasteiger charge is -2.25. The summed E-state index contributed by atoms with van der Waals surface area (Å²) < 4.78 is 5.26. The molecule has 1 aliphatic rings. The van der Waals surface area contributed by atoms with E-state index in [0.29, 0.717) is 28.3 Å². The quantitative estimate of drug-likeness (QED) is 0.937. The molecule has 6 nitrogen and oxygen atoms in total. The van der Waals surface area contributed by atoms with Gasteiger partial charge in [-0.15, -0.1) is 0 Å². The van der Waals surface area contributed by atoms with Crippen molar-refractivity contribution in [1.82, 2.24) is 15.0 Å². The molecule has 6 heteroatoms. The maximum atomic E-state index is 12.8. The molecule has 2 aromatic heterocycles. The number of carbonyl (C=O) groups is 1. The van der Waals surface area contributed by atoms with E-state index in [9.17, 15) is 9.90 Å². The molecule has 1 amide bonds. The Hall–Kier alpha value is -1.95. The fraction of sp³-hybridized carbons (Fsp3) is 0.562. The van der Waals surface area contributed by atoms with Crippen LogP contribution in [0.4, 0.5) is 0 Å². The molecule has 22 heavy (non-hydrogen) atoms. The number of likely N-dealkylation sites (N-methyl/N-ethyl adjacent to an activating group) is 1. The molecular formula is C16H21N3O3. The lowest BCUT2D eigenvalue weighted by Crippen LogP contribution is -2.39. The number of nitrogens with zero attached hydrogens (tertiary/aromatic N) is 3. The molecule has 2 aromatic rings. The number of aromatic nitrogens is 2. The third-order valence-electron chi connectivity index (χ3n) is 3.83. The predicted molar refractivity (Wildman–Crippen MR) is 81.8 cm³/mol. The summed E-state index contributed by atoms with van der Waals surface area (Å²) in [6.45, 7) is 5.41. The number of aliphatic hydroxyl groups is 1. The summed E-state index contributed by atoms with van der Waals surface area (Å²) in [4.78, 5) is 18.8. The van der Waals surface area contributed by atoms with Gasteiger partial charge in [-0.1, -0.05) is 5.16 Å². The van der Waals surface area contributed by atoms with Gasteiger partial charge in [-0.2, -0.15) is 0 Å². The number of rotatable bonds is 4. The van der Waals surface area contributed by atoms with Crippen molar-refractivity contribution in [3.63, 3.8) is 0 Å². The topological polar surface area (TPSA) is 79.5 Å². The van der Waals surface area contributed by atoms with Crippen LogP contribution in [0.1, 0.15) is 54.4 Å². The normalized spacial score (nSPS) is 15.3. The molecule has 1 fully saturated rings. The van der Waals surface area contributed by atoms with Crippen LogP contribution >= 0.6 is 0 Å². The zero-order valence-electron chi connectivity index (χ0n) is 13.4. The highest BCUT2D eigenvalue weighted by Gasteiger charge is 2.30. The Labute approximate surface area is 129 Å². The minimum Gasteiger partial charge on any atom is -0.389 e. The summed E-state index contributed by atoms with van der Waals surface area (Å²) in [6.07, 6.45) is 2.19. The van der Waals surface area contributed by atoms with Crippen LogP contribution in [0.15, 0.2) is 10.6 Å². The van der Waals surface area contributed by atoms with Crippen LogP contribution in [0.5, 0.6) is 0 Å². The van der Waals surface area contributed by atoms with Gasteiger partial charge in [-0.3, -0.25) is 4.79 Å². The van der Waals surface area contributed by atoms with Crippen molar-refractivity contribution in [2.45, 2.75) is 45.1 Å². The van der Waals surface area contributed by atoms with Gasteiger partial charge < -0.3 is 14.5 Å². The number of aryl methyl sites for hydroxylation is 1. The summed E-state index contributed by atoms with van der Waals surface area (Å²) >= 11 is 0. The third-order valence-corrected chi connectivity index (χ3v) is 3.83. The van der Waals surface area contributed by atoms with Gasteiger partial charge in [0.05, 0.1) is 22.2 Å². The van der Waals surface area contributed by atoms with Crippen molar-refractivity contribution in [1.29, 1.82) is 0 Å². The maximum Gasteiger partial charge on any atom is 0.259 e. The monoisotopic (exact) mass is 303 g/mol. The van der Waals surface area contributed by atoms with E-state index in [4.69, 9.17) is 4.52 Å². The van der Waals surface area contributed by atoms with Gasteiger partial charge in [-0.05, 0) is 39.7 Å². The molecule has 3 rings (SSSR count). The van der Waals surface area contributed by atoms with Gasteiger partial charge in [0.15, 0.2) is 0 Å². The van der Waals surface area contributed by atoms with Crippen molar-refractivity contribution in [3.05, 3.63) is 23.0 Å². The van der Waals surface area contributed by atoms with Crippen molar-refractivity contribution >= 4 is 17.0 Å². The first-order valence-electron chi connectivity index (χ1n) is 7.51. The molecule has 2 heterocycles. The summed E-state index contributed by atoms with van der Waals surface area (Å²) in [6, 6.07) is 1.85. The van der Waals surface area contributed by atoms with E-state index in [1.165, 1.54) is 4.90 Å². The molecular weight excluding hydrogens is 282 g/mol. The largest absolute Gasteiger partial charge is 0.389 e. The van der Waals surface area contributed by atoms with Gasteiger partial charge in [-0.25, -0.2) is 4.98 Å². The molecule has 1 aliphatic carbocycles. The zero-order chi connectivity index (χ0) is 16.1. The minimum atomic E-state index is -0.945. The summed E-state index contributed by atoms with van der Waals surface area (Å²) in [7, 11) is 1.69. The van der Waals surface area contributed by atoms with Crippen LogP contribution in [0.3, 0.4) is 0 Å². The molecule has 0 radical (unpaired) electrons. The second kappa shape index (κ2) is 5.05. The van der Waals surface area contributed by atoms with E-state index in [1.54, 1.807) is 27.8 Å². The van der Waals surface area contributed by atoms with Crippen molar-refractivity contribution in [3.8, 4) is 0 Å². The number of hydrogen-bond acceptors (Lipinski definition) is 5. The number of carbonyl (C=O) groups excluding carboxylic acids is 1. The minimum absolute atomic E-state index is 0.150. The Bertz CT molecular complexity index is 726. The van der Waals surface area contributed by atoms with Crippen LogP contribution < -0.4 is 0 Å². The first-order valence-corrected chi connectivity index (χ1v) is 7.51. The van der Waals surface area contributed by atoms with Gasteiger partial charge in [0.25, 0.3) is 11.6 Å². The first-order chi connectivity index (χ1) is 10.3. The van der Waals surface area contributed by atoms with Crippen molar-refractivity contribution < 1.29 is 14.4 Å². The van der Waals surface area contributed by atoms with E-state index < -0.39 is 5.60 Å². The summed E-state index contributed by atoms with van der Waals surface area (Å²) in [5.74, 6) is 0.267. The van der Waals surface area contributed by atoms with Crippen LogP contribution in [0.2, 0.25) is 0 Å². The highest BCUT2D eigenvalue weighted by Crippen LogP contribution is 2.40. The maximum absolute atomic E-state index is 12.8. The fourth-order valence-electron chi connectivity index (χ4n) is 2.73. The second-order valence-corrected chi connectivity index (χ2v) is 6.79. The van der Waals surface area contributed by atoms with E-state index >= 15 is 0 Å².